The number of nitrogens with two attached hydrogens (primary N) is 1. The maximum atomic E-state index is 12.0. The monoisotopic (exact) mass is 293 g/mol. The second kappa shape index (κ2) is 6.56. The minimum atomic E-state index is -0.251. The number of benzene rings is 1. The minimum Gasteiger partial charge on any atom is -0.495 e. The van der Waals surface area contributed by atoms with Crippen molar-refractivity contribution in [3.63, 3.8) is 0 Å². The predicted molar refractivity (Wildman–Crippen MR) is 83.3 cm³/mol. The van der Waals surface area contributed by atoms with Crippen LogP contribution in [0.5, 0.6) is 5.75 Å². The van der Waals surface area contributed by atoms with Crippen LogP contribution in [0.1, 0.15) is 31.2 Å². The van der Waals surface area contributed by atoms with Crippen LogP contribution in [0.3, 0.4) is 0 Å². The van der Waals surface area contributed by atoms with E-state index in [2.05, 4.69) is 10.6 Å². The Bertz CT molecular complexity index is 513. The lowest BCUT2D eigenvalue weighted by Gasteiger charge is -2.17. The molecule has 4 N–H and O–H groups in total. The van der Waals surface area contributed by atoms with Crippen LogP contribution in [0.2, 0.25) is 0 Å². The van der Waals surface area contributed by atoms with Crippen molar-refractivity contribution in [1.29, 1.82) is 0 Å². The Balaban J connectivity index is 2.14. The highest BCUT2D eigenvalue weighted by Gasteiger charge is 2.19. The molecule has 0 aliphatic heterocycles. The van der Waals surface area contributed by atoms with Crippen molar-refractivity contribution in [1.82, 2.24) is 5.32 Å². The fourth-order valence-corrected chi connectivity index (χ4v) is 2.61. The number of urea groups is 1. The van der Waals surface area contributed by atoms with Gasteiger partial charge in [0.2, 0.25) is 0 Å². The second-order valence-corrected chi connectivity index (χ2v) is 5.27. The number of hydrogen-bond acceptors (Lipinski definition) is 3. The molecule has 0 unspecified atom stereocenters. The van der Waals surface area contributed by atoms with Crippen LogP contribution >= 0.6 is 12.2 Å². The van der Waals surface area contributed by atoms with E-state index in [1.54, 1.807) is 25.3 Å². The average molecular weight is 293 g/mol. The molecular weight excluding hydrogens is 274 g/mol. The molecule has 6 heteroatoms. The SMILES string of the molecule is COc1cccc(C(N)=S)c1NC(=O)NC1CCCC1. The van der Waals surface area contributed by atoms with Gasteiger partial charge in [-0.05, 0) is 25.0 Å². The highest BCUT2D eigenvalue weighted by atomic mass is 32.1. The zero-order chi connectivity index (χ0) is 14.5. The number of para-hydroxylation sites is 1. The molecule has 2 rings (SSSR count). The molecule has 1 aliphatic rings. The maximum Gasteiger partial charge on any atom is 0.319 e. The molecule has 108 valence electrons. The molecule has 1 aromatic rings. The van der Waals surface area contributed by atoms with E-state index in [0.717, 1.165) is 25.7 Å². The Hall–Kier alpha value is -1.82. The number of hydrogen-bond donors (Lipinski definition) is 3. The summed E-state index contributed by atoms with van der Waals surface area (Å²) in [7, 11) is 1.54. The van der Waals surface area contributed by atoms with E-state index in [-0.39, 0.29) is 17.1 Å². The first-order chi connectivity index (χ1) is 9.61. The molecule has 20 heavy (non-hydrogen) atoms. The fourth-order valence-electron chi connectivity index (χ4n) is 2.44. The first-order valence-corrected chi connectivity index (χ1v) is 7.07. The van der Waals surface area contributed by atoms with Crippen molar-refractivity contribution in [2.45, 2.75) is 31.7 Å². The number of carbonyl (C=O) groups excluding carboxylic acids is 1. The van der Waals surface area contributed by atoms with Gasteiger partial charge in [0.1, 0.15) is 10.7 Å². The molecular formula is C14H19N3O2S. The summed E-state index contributed by atoms with van der Waals surface area (Å²) in [5.74, 6) is 0.539. The van der Waals surface area contributed by atoms with Gasteiger partial charge in [-0.2, -0.15) is 0 Å². The number of methoxy groups -OCH3 is 1. The summed E-state index contributed by atoms with van der Waals surface area (Å²) in [5.41, 5.74) is 6.79. The fraction of sp³-hybridized carbons (Fsp3) is 0.429. The first kappa shape index (κ1) is 14.6. The van der Waals surface area contributed by atoms with Crippen LogP contribution in [-0.2, 0) is 0 Å². The molecule has 1 aliphatic carbocycles. The lowest BCUT2D eigenvalue weighted by molar-refractivity contribution is 0.248. The van der Waals surface area contributed by atoms with Crippen LogP contribution in [0, 0.1) is 0 Å². The van der Waals surface area contributed by atoms with Gasteiger partial charge in [-0.25, -0.2) is 4.79 Å². The summed E-state index contributed by atoms with van der Waals surface area (Å²) in [4.78, 5) is 12.3. The molecule has 0 spiro atoms. The van der Waals surface area contributed by atoms with Gasteiger partial charge in [-0.1, -0.05) is 31.1 Å². The van der Waals surface area contributed by atoms with E-state index in [1.165, 1.54) is 0 Å². The van der Waals surface area contributed by atoms with Crippen molar-refractivity contribution in [2.24, 2.45) is 5.73 Å². The predicted octanol–water partition coefficient (Wildman–Crippen LogP) is 2.39. The van der Waals surface area contributed by atoms with Gasteiger partial charge >= 0.3 is 6.03 Å². The third kappa shape index (κ3) is 3.39. The Kier molecular flexibility index (Phi) is 4.79. The Morgan fingerprint density at radius 1 is 1.40 bits per heavy atom. The van der Waals surface area contributed by atoms with Crippen molar-refractivity contribution in [3.05, 3.63) is 23.8 Å². The smallest absolute Gasteiger partial charge is 0.319 e. The van der Waals surface area contributed by atoms with Gasteiger partial charge in [-0.3, -0.25) is 0 Å². The number of anilines is 1. The van der Waals surface area contributed by atoms with Crippen LogP contribution in [-0.4, -0.2) is 24.2 Å². The average Bonchev–Trinajstić information content (AvgIpc) is 2.91. The van der Waals surface area contributed by atoms with Crippen LogP contribution in [0.25, 0.3) is 0 Å². The van der Waals surface area contributed by atoms with E-state index in [9.17, 15) is 4.79 Å². The second-order valence-electron chi connectivity index (χ2n) is 4.83. The van der Waals surface area contributed by atoms with Gasteiger partial charge in [0.15, 0.2) is 0 Å². The number of amides is 2. The maximum absolute atomic E-state index is 12.0. The van der Waals surface area contributed by atoms with Crippen molar-refractivity contribution >= 4 is 28.9 Å². The van der Waals surface area contributed by atoms with Gasteiger partial charge < -0.3 is 21.1 Å². The van der Waals surface area contributed by atoms with E-state index < -0.39 is 0 Å². The van der Waals surface area contributed by atoms with Crippen LogP contribution in [0.15, 0.2) is 18.2 Å². The molecule has 1 fully saturated rings. The highest BCUT2D eigenvalue weighted by molar-refractivity contribution is 7.80. The topological polar surface area (TPSA) is 76.4 Å². The van der Waals surface area contributed by atoms with E-state index in [0.29, 0.717) is 17.0 Å². The summed E-state index contributed by atoms with van der Waals surface area (Å²) in [5, 5.41) is 5.75. The van der Waals surface area contributed by atoms with Crippen molar-refractivity contribution in [2.75, 3.05) is 12.4 Å². The van der Waals surface area contributed by atoms with Gasteiger partial charge in [-0.15, -0.1) is 0 Å². The van der Waals surface area contributed by atoms with Crippen molar-refractivity contribution < 1.29 is 9.53 Å². The zero-order valence-electron chi connectivity index (χ0n) is 11.4. The molecule has 0 saturated heterocycles. The summed E-state index contributed by atoms with van der Waals surface area (Å²) < 4.78 is 5.25. The number of nitrogens with one attached hydrogen (secondary N) is 2. The third-order valence-electron chi connectivity index (χ3n) is 3.44. The van der Waals surface area contributed by atoms with Gasteiger partial charge in [0.05, 0.1) is 12.8 Å². The largest absolute Gasteiger partial charge is 0.495 e. The van der Waals surface area contributed by atoms with Crippen LogP contribution < -0.4 is 21.1 Å². The number of thiocarbonyl (C=S) groups is 1. The standard InChI is InChI=1S/C14H19N3O2S/c1-19-11-8-4-7-10(13(15)20)12(11)17-14(18)16-9-5-2-3-6-9/h4,7-9H,2-3,5-6H2,1H3,(H2,15,20)(H2,16,17,18). The molecule has 1 saturated carbocycles. The Morgan fingerprint density at radius 2 is 2.10 bits per heavy atom. The summed E-state index contributed by atoms with van der Waals surface area (Å²) >= 11 is 5.00. The molecule has 0 aromatic heterocycles. The van der Waals surface area contributed by atoms with E-state index >= 15 is 0 Å². The van der Waals surface area contributed by atoms with Gasteiger partial charge in [0, 0.05) is 11.6 Å². The molecule has 0 radical (unpaired) electrons. The van der Waals surface area contributed by atoms with Crippen molar-refractivity contribution in [3.8, 4) is 5.75 Å². The third-order valence-corrected chi connectivity index (χ3v) is 3.66. The summed E-state index contributed by atoms with van der Waals surface area (Å²) in [6.07, 6.45) is 4.39. The molecule has 0 bridgehead atoms. The molecule has 2 amide bonds. The first-order valence-electron chi connectivity index (χ1n) is 6.66. The summed E-state index contributed by atoms with van der Waals surface area (Å²) in [6, 6.07) is 5.30. The summed E-state index contributed by atoms with van der Waals surface area (Å²) in [6.45, 7) is 0. The highest BCUT2D eigenvalue weighted by Crippen LogP contribution is 2.28. The molecule has 0 heterocycles. The quantitative estimate of drug-likeness (QED) is 0.745. The normalized spacial score (nSPS) is 14.8. The van der Waals surface area contributed by atoms with Gasteiger partial charge in [0.25, 0.3) is 0 Å². The minimum absolute atomic E-state index is 0.222. The molecule has 1 aromatic carbocycles. The Labute approximate surface area is 123 Å². The molecule has 0 atom stereocenters. The number of carbonyl (C=O) groups is 1. The Morgan fingerprint density at radius 3 is 2.70 bits per heavy atom. The lowest BCUT2D eigenvalue weighted by atomic mass is 10.1. The number of ether oxygens (including phenoxy) is 1. The zero-order valence-corrected chi connectivity index (χ0v) is 12.3. The van der Waals surface area contributed by atoms with E-state index in [4.69, 9.17) is 22.7 Å². The number of rotatable bonds is 4. The lowest BCUT2D eigenvalue weighted by Crippen LogP contribution is -2.36. The molecule has 5 nitrogen and oxygen atoms in total. The van der Waals surface area contributed by atoms with E-state index in [1.807, 2.05) is 0 Å². The van der Waals surface area contributed by atoms with Crippen LogP contribution in [0.4, 0.5) is 10.5 Å².